The zero-order valence-electron chi connectivity index (χ0n) is 31.1. The van der Waals surface area contributed by atoms with Crippen LogP contribution in [0.15, 0.2) is 182 Å². The molecule has 0 spiro atoms. The minimum Gasteiger partial charge on any atom is -0.228 e. The first kappa shape index (κ1) is 33.0. The smallest absolute Gasteiger partial charge is 0.160 e. The molecule has 0 saturated carbocycles. The number of hydrogen-bond acceptors (Lipinski definition) is 2. The van der Waals surface area contributed by atoms with E-state index in [0.717, 1.165) is 46.8 Å². The van der Waals surface area contributed by atoms with Crippen LogP contribution in [0.25, 0.3) is 83.4 Å². The second kappa shape index (κ2) is 13.3. The molecule has 7 aromatic carbocycles. The van der Waals surface area contributed by atoms with E-state index >= 15 is 0 Å². The van der Waals surface area contributed by atoms with Gasteiger partial charge in [0.1, 0.15) is 0 Å². The normalized spacial score (nSPS) is 14.0. The Balaban J connectivity index is 0.960. The highest BCUT2D eigenvalue weighted by Gasteiger charge is 2.35. The lowest BCUT2D eigenvalue weighted by atomic mass is 9.81. The van der Waals surface area contributed by atoms with E-state index in [2.05, 4.69) is 190 Å². The maximum absolute atomic E-state index is 5.07. The van der Waals surface area contributed by atoms with Crippen LogP contribution in [0, 0.1) is 0 Å². The summed E-state index contributed by atoms with van der Waals surface area (Å²) in [6, 6.07) is 59.7. The molecule has 10 rings (SSSR count). The molecule has 2 aliphatic rings. The van der Waals surface area contributed by atoms with Gasteiger partial charge in [-0.1, -0.05) is 172 Å². The van der Waals surface area contributed by atoms with E-state index in [0.29, 0.717) is 0 Å². The summed E-state index contributed by atoms with van der Waals surface area (Å²) >= 11 is 0. The van der Waals surface area contributed by atoms with Gasteiger partial charge in [0.05, 0.1) is 11.4 Å². The standard InChI is InChI=1S/C53H40N2/c1-53(2)48-22-10-9-20-46(48)47-30-28-42(33-49(47)53)40-18-11-17-39(31-40)41-27-29-45-43(32-41)19-12-21-44(45)35-23-25-37(26-24-35)51-34-50(36-13-5-3-6-14-36)54-52(55-51)38-15-7-4-8-16-38/h3,5-7,9-34H,4,8H2,1-2H3. The van der Waals surface area contributed by atoms with Gasteiger partial charge in [0.2, 0.25) is 0 Å². The average molecular weight is 705 g/mol. The van der Waals surface area contributed by atoms with E-state index in [9.17, 15) is 0 Å². The quantitative estimate of drug-likeness (QED) is 0.172. The van der Waals surface area contributed by atoms with Crippen molar-refractivity contribution in [3.05, 3.63) is 199 Å². The van der Waals surface area contributed by atoms with Gasteiger partial charge in [0.25, 0.3) is 0 Å². The van der Waals surface area contributed by atoms with E-state index in [-0.39, 0.29) is 5.41 Å². The molecular formula is C53H40N2. The average Bonchev–Trinajstić information content (AvgIpc) is 3.49. The number of nitrogens with zero attached hydrogens (tertiary/aromatic N) is 2. The van der Waals surface area contributed by atoms with Crippen LogP contribution in [-0.2, 0) is 5.41 Å². The highest BCUT2D eigenvalue weighted by molar-refractivity contribution is 5.99. The zero-order valence-corrected chi connectivity index (χ0v) is 31.1. The van der Waals surface area contributed by atoms with Gasteiger partial charge in [-0.3, -0.25) is 0 Å². The molecule has 0 radical (unpaired) electrons. The van der Waals surface area contributed by atoms with E-state index in [1.54, 1.807) is 0 Å². The number of allylic oxidation sites excluding steroid dienone is 4. The molecule has 0 aliphatic heterocycles. The Bertz CT molecular complexity index is 2820. The van der Waals surface area contributed by atoms with Crippen LogP contribution in [0.5, 0.6) is 0 Å². The van der Waals surface area contributed by atoms with Crippen molar-refractivity contribution in [1.82, 2.24) is 9.97 Å². The minimum absolute atomic E-state index is 0.0222. The molecule has 1 heterocycles. The van der Waals surface area contributed by atoms with Crippen molar-refractivity contribution >= 4 is 16.3 Å². The van der Waals surface area contributed by atoms with Crippen molar-refractivity contribution in [3.8, 4) is 67.0 Å². The minimum atomic E-state index is -0.0222. The summed E-state index contributed by atoms with van der Waals surface area (Å²) in [5, 5.41) is 2.46. The Kier molecular flexibility index (Phi) is 7.99. The van der Waals surface area contributed by atoms with E-state index in [1.807, 2.05) is 6.07 Å². The Morgan fingerprint density at radius 3 is 1.82 bits per heavy atom. The first-order chi connectivity index (χ1) is 27.0. The molecule has 2 heteroatoms. The lowest BCUT2D eigenvalue weighted by Gasteiger charge is -2.22. The lowest BCUT2D eigenvalue weighted by Crippen LogP contribution is -2.14. The summed E-state index contributed by atoms with van der Waals surface area (Å²) in [5.41, 5.74) is 17.9. The van der Waals surface area contributed by atoms with Gasteiger partial charge in [-0.15, -0.1) is 0 Å². The van der Waals surface area contributed by atoms with E-state index < -0.39 is 0 Å². The maximum atomic E-state index is 5.07. The molecule has 0 bridgehead atoms. The number of rotatable bonds is 6. The lowest BCUT2D eigenvalue weighted by molar-refractivity contribution is 0.660. The Labute approximate surface area is 323 Å². The first-order valence-electron chi connectivity index (χ1n) is 19.3. The molecule has 2 nitrogen and oxygen atoms in total. The van der Waals surface area contributed by atoms with Gasteiger partial charge < -0.3 is 0 Å². The third-order valence-electron chi connectivity index (χ3n) is 11.5. The van der Waals surface area contributed by atoms with Crippen molar-refractivity contribution in [2.45, 2.75) is 32.1 Å². The van der Waals surface area contributed by atoms with Gasteiger partial charge >= 0.3 is 0 Å². The number of hydrogen-bond donors (Lipinski definition) is 0. The Morgan fingerprint density at radius 1 is 0.436 bits per heavy atom. The fourth-order valence-electron chi connectivity index (χ4n) is 8.56. The summed E-state index contributed by atoms with van der Waals surface area (Å²) in [6.07, 6.45) is 8.67. The molecule has 0 unspecified atom stereocenters. The van der Waals surface area contributed by atoms with Crippen LogP contribution in [0.3, 0.4) is 0 Å². The van der Waals surface area contributed by atoms with Gasteiger partial charge in [-0.25, -0.2) is 9.97 Å². The summed E-state index contributed by atoms with van der Waals surface area (Å²) in [5.74, 6) is 0.772. The van der Waals surface area contributed by atoms with E-state index in [4.69, 9.17) is 9.97 Å². The molecule has 1 aromatic heterocycles. The molecule has 262 valence electrons. The van der Waals surface area contributed by atoms with Crippen molar-refractivity contribution in [3.63, 3.8) is 0 Å². The molecule has 2 aliphatic carbocycles. The van der Waals surface area contributed by atoms with E-state index in [1.165, 1.54) is 66.4 Å². The molecule has 0 atom stereocenters. The van der Waals surface area contributed by atoms with Crippen molar-refractivity contribution in [1.29, 1.82) is 0 Å². The van der Waals surface area contributed by atoms with Gasteiger partial charge in [-0.05, 0) is 104 Å². The van der Waals surface area contributed by atoms with Crippen molar-refractivity contribution in [2.75, 3.05) is 0 Å². The van der Waals surface area contributed by atoms with Crippen LogP contribution < -0.4 is 0 Å². The maximum Gasteiger partial charge on any atom is 0.160 e. The monoisotopic (exact) mass is 704 g/mol. The van der Waals surface area contributed by atoms with Crippen LogP contribution >= 0.6 is 0 Å². The summed E-state index contributed by atoms with van der Waals surface area (Å²) in [7, 11) is 0. The number of benzene rings is 7. The molecule has 0 N–H and O–H groups in total. The first-order valence-corrected chi connectivity index (χ1v) is 19.3. The summed E-state index contributed by atoms with van der Waals surface area (Å²) < 4.78 is 0. The number of aromatic nitrogens is 2. The van der Waals surface area contributed by atoms with Gasteiger partial charge in [-0.2, -0.15) is 0 Å². The predicted octanol–water partition coefficient (Wildman–Crippen LogP) is 14.0. The summed E-state index contributed by atoms with van der Waals surface area (Å²) in [6.45, 7) is 4.69. The topological polar surface area (TPSA) is 25.8 Å². The molecular weight excluding hydrogens is 665 g/mol. The highest BCUT2D eigenvalue weighted by Crippen LogP contribution is 2.49. The second-order valence-electron chi connectivity index (χ2n) is 15.3. The predicted molar refractivity (Wildman–Crippen MR) is 231 cm³/mol. The zero-order chi connectivity index (χ0) is 36.9. The fraction of sp³-hybridized carbons (Fsp3) is 0.0943. The SMILES string of the molecule is CC1(C)c2ccccc2-c2ccc(-c3cccc(-c4ccc5c(-c6ccc(-c7cc(-c8ccccc8)nc(C8=CCCC=C8)n7)cc6)cccc5c4)c3)cc21. The third-order valence-corrected chi connectivity index (χ3v) is 11.5. The van der Waals surface area contributed by atoms with Gasteiger partial charge in [0.15, 0.2) is 5.82 Å². The summed E-state index contributed by atoms with van der Waals surface area (Å²) in [4.78, 5) is 10.1. The van der Waals surface area contributed by atoms with Crippen molar-refractivity contribution in [2.24, 2.45) is 0 Å². The largest absolute Gasteiger partial charge is 0.228 e. The molecule has 0 saturated heterocycles. The highest BCUT2D eigenvalue weighted by atomic mass is 14.9. The molecule has 0 fully saturated rings. The molecule has 8 aromatic rings. The molecule has 55 heavy (non-hydrogen) atoms. The Morgan fingerprint density at radius 2 is 1.04 bits per heavy atom. The van der Waals surface area contributed by atoms with Crippen LogP contribution in [0.4, 0.5) is 0 Å². The van der Waals surface area contributed by atoms with Gasteiger partial charge in [0, 0.05) is 22.1 Å². The molecule has 0 amide bonds. The van der Waals surface area contributed by atoms with Crippen molar-refractivity contribution < 1.29 is 0 Å². The van der Waals surface area contributed by atoms with Crippen LogP contribution in [0.2, 0.25) is 0 Å². The fourth-order valence-corrected chi connectivity index (χ4v) is 8.56. The number of fused-ring (bicyclic) bond motifs is 4. The second-order valence-corrected chi connectivity index (χ2v) is 15.3. The van der Waals surface area contributed by atoms with Crippen LogP contribution in [0.1, 0.15) is 43.6 Å². The van der Waals surface area contributed by atoms with Crippen LogP contribution in [-0.4, -0.2) is 9.97 Å². The third kappa shape index (κ3) is 5.91. The Hall–Kier alpha value is -6.64.